The number of carbonyl (C=O) groups excluding carboxylic acids is 1. The van der Waals surface area contributed by atoms with Crippen LogP contribution in [0.3, 0.4) is 0 Å². The van der Waals surface area contributed by atoms with E-state index >= 15 is 0 Å². The number of carbonyl (C=O) groups is 1. The largest absolute Gasteiger partial charge is 0.378 e. The molecule has 0 radical (unpaired) electrons. The minimum Gasteiger partial charge on any atom is -0.378 e. The van der Waals surface area contributed by atoms with Gasteiger partial charge in [0, 0.05) is 13.0 Å². The van der Waals surface area contributed by atoms with Crippen LogP contribution in [0.5, 0.6) is 0 Å². The Labute approximate surface area is 155 Å². The summed E-state index contributed by atoms with van der Waals surface area (Å²) in [6, 6.07) is 0. The van der Waals surface area contributed by atoms with Crippen molar-refractivity contribution >= 4 is 17.7 Å². The number of hydrogen-bond acceptors (Lipinski definition) is 5. The first kappa shape index (κ1) is 20.7. The molecule has 2 bridgehead atoms. The minimum atomic E-state index is -0.355. The molecule has 0 aromatic heterocycles. The van der Waals surface area contributed by atoms with Gasteiger partial charge in [-0.25, -0.2) is 5.48 Å². The summed E-state index contributed by atoms with van der Waals surface area (Å²) in [6.07, 6.45) is 10.8. The molecule has 5 nitrogen and oxygen atoms in total. The number of thioether (sulfide) groups is 1. The molecule has 144 valence electrons. The van der Waals surface area contributed by atoms with Crippen LogP contribution in [-0.4, -0.2) is 47.5 Å². The van der Waals surface area contributed by atoms with Crippen molar-refractivity contribution in [3.8, 4) is 0 Å². The number of allylic oxidation sites excluding steroid dienone is 2. The zero-order valence-electron chi connectivity index (χ0n) is 15.5. The van der Waals surface area contributed by atoms with E-state index in [-0.39, 0.29) is 12.0 Å². The fourth-order valence-electron chi connectivity index (χ4n) is 3.92. The van der Waals surface area contributed by atoms with Gasteiger partial charge in [0.2, 0.25) is 5.91 Å². The Hall–Kier alpha value is -0.560. The molecule has 0 aromatic carbocycles. The third-order valence-electron chi connectivity index (χ3n) is 5.32. The van der Waals surface area contributed by atoms with E-state index in [1.165, 1.54) is 24.3 Å². The van der Waals surface area contributed by atoms with Crippen molar-refractivity contribution < 1.29 is 19.5 Å². The predicted octanol–water partition coefficient (Wildman–Crippen LogP) is 3.56. The Morgan fingerprint density at radius 2 is 2.16 bits per heavy atom. The molecule has 6 heteroatoms. The van der Waals surface area contributed by atoms with Crippen LogP contribution >= 0.6 is 11.8 Å². The first-order valence-corrected chi connectivity index (χ1v) is 10.7. The predicted molar refractivity (Wildman–Crippen MR) is 101 cm³/mol. The van der Waals surface area contributed by atoms with E-state index in [0.29, 0.717) is 36.9 Å². The highest BCUT2D eigenvalue weighted by Crippen LogP contribution is 2.46. The van der Waals surface area contributed by atoms with Crippen LogP contribution in [0.25, 0.3) is 0 Å². The molecule has 2 N–H and O–H groups in total. The van der Waals surface area contributed by atoms with E-state index in [9.17, 15) is 4.79 Å². The van der Waals surface area contributed by atoms with E-state index in [1.807, 2.05) is 18.7 Å². The Bertz CT molecular complexity index is 432. The molecule has 2 rings (SSSR count). The van der Waals surface area contributed by atoms with Crippen LogP contribution in [0, 0.1) is 11.8 Å². The molecule has 0 spiro atoms. The normalized spacial score (nSPS) is 29.4. The van der Waals surface area contributed by atoms with Gasteiger partial charge < -0.3 is 9.47 Å². The van der Waals surface area contributed by atoms with E-state index in [0.717, 1.165) is 19.4 Å². The number of ether oxygens (including phenoxy) is 2. The van der Waals surface area contributed by atoms with Crippen LogP contribution < -0.4 is 5.48 Å². The lowest BCUT2D eigenvalue weighted by atomic mass is 9.79. The summed E-state index contributed by atoms with van der Waals surface area (Å²) in [7, 11) is 0. The number of hydroxylamine groups is 1. The zero-order chi connectivity index (χ0) is 18.1. The monoisotopic (exact) mass is 371 g/mol. The van der Waals surface area contributed by atoms with E-state index in [1.54, 1.807) is 5.48 Å². The number of hydrogen-bond donors (Lipinski definition) is 2. The molecule has 0 aromatic rings. The van der Waals surface area contributed by atoms with Gasteiger partial charge in [0.1, 0.15) is 0 Å². The topological polar surface area (TPSA) is 67.8 Å². The fourth-order valence-corrected chi connectivity index (χ4v) is 5.12. The summed E-state index contributed by atoms with van der Waals surface area (Å²) in [6.45, 7) is 4.77. The van der Waals surface area contributed by atoms with Crippen LogP contribution in [0.4, 0.5) is 0 Å². The van der Waals surface area contributed by atoms with Crippen molar-refractivity contribution in [1.82, 2.24) is 5.48 Å². The van der Waals surface area contributed by atoms with Gasteiger partial charge in [-0.05, 0) is 69.3 Å². The SMILES string of the molecule is CC=CCCSCC1C2CCC(O2)C1CCOC(C)CCC(=O)NO. The van der Waals surface area contributed by atoms with Gasteiger partial charge in [-0.15, -0.1) is 0 Å². The summed E-state index contributed by atoms with van der Waals surface area (Å²) >= 11 is 2.05. The number of fused-ring (bicyclic) bond motifs is 2. The highest BCUT2D eigenvalue weighted by atomic mass is 32.2. The number of amides is 1. The van der Waals surface area contributed by atoms with Gasteiger partial charge >= 0.3 is 0 Å². The molecule has 25 heavy (non-hydrogen) atoms. The highest BCUT2D eigenvalue weighted by Gasteiger charge is 2.48. The van der Waals surface area contributed by atoms with Crippen LogP contribution in [0.15, 0.2) is 12.2 Å². The molecule has 2 aliphatic rings. The molecule has 2 fully saturated rings. The summed E-state index contributed by atoms with van der Waals surface area (Å²) in [4.78, 5) is 11.1. The average molecular weight is 372 g/mol. The minimum absolute atomic E-state index is 0.0328. The van der Waals surface area contributed by atoms with Crippen molar-refractivity contribution in [3.63, 3.8) is 0 Å². The van der Waals surface area contributed by atoms with Gasteiger partial charge in [0.25, 0.3) is 0 Å². The van der Waals surface area contributed by atoms with Crippen molar-refractivity contribution in [2.45, 2.75) is 70.7 Å². The number of rotatable bonds is 12. The van der Waals surface area contributed by atoms with E-state index < -0.39 is 0 Å². The van der Waals surface area contributed by atoms with Gasteiger partial charge in [0.15, 0.2) is 0 Å². The lowest BCUT2D eigenvalue weighted by molar-refractivity contribution is -0.129. The lowest BCUT2D eigenvalue weighted by Gasteiger charge is -2.28. The zero-order valence-corrected chi connectivity index (χ0v) is 16.3. The van der Waals surface area contributed by atoms with Crippen molar-refractivity contribution in [2.75, 3.05) is 18.1 Å². The van der Waals surface area contributed by atoms with E-state index in [4.69, 9.17) is 14.7 Å². The molecule has 0 aliphatic carbocycles. The van der Waals surface area contributed by atoms with Gasteiger partial charge in [-0.3, -0.25) is 10.0 Å². The summed E-state index contributed by atoms with van der Waals surface area (Å²) in [5.74, 6) is 3.29. The van der Waals surface area contributed by atoms with Crippen LogP contribution in [0.1, 0.15) is 52.4 Å². The molecular weight excluding hydrogens is 338 g/mol. The highest BCUT2D eigenvalue weighted by molar-refractivity contribution is 7.99. The Balaban J connectivity index is 1.67. The molecular formula is C19H33NO4S. The molecule has 1 amide bonds. The molecule has 2 aliphatic heterocycles. The van der Waals surface area contributed by atoms with Crippen molar-refractivity contribution in [2.24, 2.45) is 11.8 Å². The second-order valence-corrected chi connectivity index (χ2v) is 8.24. The van der Waals surface area contributed by atoms with Gasteiger partial charge in [-0.2, -0.15) is 11.8 Å². The molecule has 2 heterocycles. The lowest BCUT2D eigenvalue weighted by Crippen LogP contribution is -2.30. The van der Waals surface area contributed by atoms with Gasteiger partial charge in [0.05, 0.1) is 18.3 Å². The number of nitrogens with one attached hydrogen (secondary N) is 1. The third-order valence-corrected chi connectivity index (χ3v) is 6.47. The molecule has 5 atom stereocenters. The van der Waals surface area contributed by atoms with Gasteiger partial charge in [-0.1, -0.05) is 12.2 Å². The summed E-state index contributed by atoms with van der Waals surface area (Å²) in [5.41, 5.74) is 1.66. The quantitative estimate of drug-likeness (QED) is 0.238. The second-order valence-electron chi connectivity index (χ2n) is 7.09. The third kappa shape index (κ3) is 6.59. The van der Waals surface area contributed by atoms with Crippen LogP contribution in [0.2, 0.25) is 0 Å². The first-order valence-electron chi connectivity index (χ1n) is 9.54. The Morgan fingerprint density at radius 1 is 1.40 bits per heavy atom. The molecule has 5 unspecified atom stereocenters. The second kappa shape index (κ2) is 11.2. The molecule has 0 saturated carbocycles. The maximum absolute atomic E-state index is 11.1. The Morgan fingerprint density at radius 3 is 2.88 bits per heavy atom. The van der Waals surface area contributed by atoms with E-state index in [2.05, 4.69) is 19.1 Å². The maximum atomic E-state index is 11.1. The average Bonchev–Trinajstić information content (AvgIpc) is 3.21. The Kier molecular flexibility index (Phi) is 9.31. The fraction of sp³-hybridized carbons (Fsp3) is 0.842. The smallest absolute Gasteiger partial charge is 0.243 e. The summed E-state index contributed by atoms with van der Waals surface area (Å²) < 4.78 is 12.0. The first-order chi connectivity index (χ1) is 12.2. The van der Waals surface area contributed by atoms with Crippen LogP contribution in [-0.2, 0) is 14.3 Å². The van der Waals surface area contributed by atoms with Crippen molar-refractivity contribution in [1.29, 1.82) is 0 Å². The van der Waals surface area contributed by atoms with Crippen molar-refractivity contribution in [3.05, 3.63) is 12.2 Å². The molecule has 2 saturated heterocycles. The summed E-state index contributed by atoms with van der Waals surface area (Å²) in [5, 5.41) is 8.52. The standard InChI is InChI=1S/C19H33NO4S/c1-3-4-5-12-25-13-16-15(17-7-8-18(16)24-17)10-11-23-14(2)6-9-19(21)20-22/h3-4,14-18,22H,5-13H2,1-2H3,(H,20,21). The maximum Gasteiger partial charge on any atom is 0.243 e.